The molecular formula is C20H33N3O2. The van der Waals surface area contributed by atoms with Crippen molar-refractivity contribution in [3.8, 4) is 0 Å². The molecule has 0 aromatic heterocycles. The average Bonchev–Trinajstić information content (AvgIpc) is 3.52. The van der Waals surface area contributed by atoms with Crippen molar-refractivity contribution in [3.63, 3.8) is 0 Å². The van der Waals surface area contributed by atoms with Gasteiger partial charge in [-0.25, -0.2) is 0 Å². The van der Waals surface area contributed by atoms with Gasteiger partial charge in [-0.1, -0.05) is 6.08 Å². The van der Waals surface area contributed by atoms with Gasteiger partial charge in [0.15, 0.2) is 0 Å². The van der Waals surface area contributed by atoms with Gasteiger partial charge in [-0.3, -0.25) is 14.6 Å². The zero-order valence-corrected chi connectivity index (χ0v) is 15.5. The molecule has 140 valence electrons. The highest BCUT2D eigenvalue weighted by atomic mass is 16.5. The second kappa shape index (κ2) is 8.19. The molecule has 1 saturated carbocycles. The molecule has 3 fully saturated rings. The minimum absolute atomic E-state index is 0.349. The minimum atomic E-state index is 0.349. The summed E-state index contributed by atoms with van der Waals surface area (Å²) < 4.78 is 5.44. The number of ether oxygens (including phenoxy) is 1. The fraction of sp³-hybridized carbons (Fsp3) is 0.850. The zero-order valence-electron chi connectivity index (χ0n) is 15.5. The number of piperidine rings is 1. The Hall–Kier alpha value is -0.910. The van der Waals surface area contributed by atoms with Crippen LogP contribution < -0.4 is 0 Å². The lowest BCUT2D eigenvalue weighted by Crippen LogP contribution is -2.49. The molecule has 0 aromatic carbocycles. The molecule has 1 aliphatic carbocycles. The average molecular weight is 348 g/mol. The third kappa shape index (κ3) is 4.44. The van der Waals surface area contributed by atoms with Gasteiger partial charge in [0.1, 0.15) is 0 Å². The number of morpholine rings is 1. The number of rotatable bonds is 5. The Morgan fingerprint density at radius 2 is 1.80 bits per heavy atom. The van der Waals surface area contributed by atoms with Crippen molar-refractivity contribution in [1.29, 1.82) is 0 Å². The fourth-order valence-electron chi connectivity index (χ4n) is 4.52. The van der Waals surface area contributed by atoms with E-state index < -0.39 is 0 Å². The molecule has 1 atom stereocenters. The lowest BCUT2D eigenvalue weighted by molar-refractivity contribution is -0.135. The van der Waals surface area contributed by atoms with Crippen LogP contribution in [0.1, 0.15) is 38.5 Å². The molecule has 4 rings (SSSR count). The molecule has 5 heteroatoms. The number of carbonyl (C=O) groups is 1. The molecule has 3 aliphatic heterocycles. The highest BCUT2D eigenvalue weighted by molar-refractivity contribution is 5.81. The summed E-state index contributed by atoms with van der Waals surface area (Å²) in [6, 6.07) is 0.382. The van der Waals surface area contributed by atoms with E-state index in [2.05, 4.69) is 20.8 Å². The van der Waals surface area contributed by atoms with E-state index in [-0.39, 0.29) is 0 Å². The van der Waals surface area contributed by atoms with E-state index >= 15 is 0 Å². The molecule has 0 aromatic rings. The first kappa shape index (κ1) is 17.5. The fourth-order valence-corrected chi connectivity index (χ4v) is 4.52. The maximum absolute atomic E-state index is 12.7. The summed E-state index contributed by atoms with van der Waals surface area (Å²) in [6.07, 6.45) is 9.43. The van der Waals surface area contributed by atoms with Crippen LogP contribution in [0, 0.1) is 5.92 Å². The predicted octanol–water partition coefficient (Wildman–Crippen LogP) is 1.74. The van der Waals surface area contributed by atoms with Crippen molar-refractivity contribution in [1.82, 2.24) is 14.7 Å². The molecule has 0 bridgehead atoms. The van der Waals surface area contributed by atoms with Gasteiger partial charge in [-0.05, 0) is 44.1 Å². The summed E-state index contributed by atoms with van der Waals surface area (Å²) >= 11 is 0. The van der Waals surface area contributed by atoms with Crippen LogP contribution in [0.3, 0.4) is 0 Å². The van der Waals surface area contributed by atoms with Crippen molar-refractivity contribution < 1.29 is 9.53 Å². The first-order chi connectivity index (χ1) is 12.3. The van der Waals surface area contributed by atoms with Gasteiger partial charge in [0.25, 0.3) is 0 Å². The highest BCUT2D eigenvalue weighted by Crippen LogP contribution is 2.35. The Morgan fingerprint density at radius 1 is 1.00 bits per heavy atom. The first-order valence-corrected chi connectivity index (χ1v) is 10.3. The van der Waals surface area contributed by atoms with E-state index in [0.29, 0.717) is 17.9 Å². The van der Waals surface area contributed by atoms with Gasteiger partial charge in [0.2, 0.25) is 5.91 Å². The number of nitrogens with zero attached hydrogens (tertiary/aromatic N) is 3. The molecule has 25 heavy (non-hydrogen) atoms. The molecule has 3 heterocycles. The van der Waals surface area contributed by atoms with Crippen molar-refractivity contribution in [2.24, 2.45) is 5.92 Å². The zero-order chi connectivity index (χ0) is 17.1. The second-order valence-electron chi connectivity index (χ2n) is 8.12. The Morgan fingerprint density at radius 3 is 2.60 bits per heavy atom. The number of carbonyl (C=O) groups excluding carboxylic acids is 1. The van der Waals surface area contributed by atoms with Gasteiger partial charge < -0.3 is 9.64 Å². The van der Waals surface area contributed by atoms with Crippen molar-refractivity contribution in [2.45, 2.75) is 44.6 Å². The third-order valence-electron chi connectivity index (χ3n) is 6.23. The van der Waals surface area contributed by atoms with Crippen molar-refractivity contribution in [3.05, 3.63) is 11.6 Å². The van der Waals surface area contributed by atoms with E-state index in [0.717, 1.165) is 78.3 Å². The van der Waals surface area contributed by atoms with Crippen LogP contribution in [0.15, 0.2) is 11.6 Å². The molecule has 0 N–H and O–H groups in total. The number of hydrogen-bond donors (Lipinski definition) is 0. The molecule has 4 aliphatic rings. The van der Waals surface area contributed by atoms with Crippen LogP contribution in [-0.2, 0) is 9.53 Å². The lowest BCUT2D eigenvalue weighted by Gasteiger charge is -2.41. The van der Waals surface area contributed by atoms with E-state index in [4.69, 9.17) is 4.74 Å². The number of hydrogen-bond acceptors (Lipinski definition) is 4. The van der Waals surface area contributed by atoms with Gasteiger partial charge in [-0.15, -0.1) is 0 Å². The van der Waals surface area contributed by atoms with Crippen molar-refractivity contribution >= 4 is 5.91 Å². The summed E-state index contributed by atoms with van der Waals surface area (Å²) in [7, 11) is 0. The molecule has 0 radical (unpaired) electrons. The van der Waals surface area contributed by atoms with Gasteiger partial charge in [-0.2, -0.15) is 0 Å². The second-order valence-corrected chi connectivity index (χ2v) is 8.12. The Kier molecular flexibility index (Phi) is 5.73. The van der Waals surface area contributed by atoms with Gasteiger partial charge in [0.05, 0.1) is 19.3 Å². The van der Waals surface area contributed by atoms with Crippen LogP contribution in [-0.4, -0.2) is 85.7 Å². The van der Waals surface area contributed by atoms with Crippen LogP contribution in [0.2, 0.25) is 0 Å². The maximum Gasteiger partial charge on any atom is 0.226 e. The summed E-state index contributed by atoms with van der Waals surface area (Å²) in [5, 5.41) is 0. The normalized spacial score (nSPS) is 29.5. The summed E-state index contributed by atoms with van der Waals surface area (Å²) in [4.78, 5) is 20.0. The first-order valence-electron chi connectivity index (χ1n) is 10.3. The Labute approximate surface area is 152 Å². The molecule has 0 unspecified atom stereocenters. The number of likely N-dealkylation sites (tertiary alicyclic amines) is 1. The summed E-state index contributed by atoms with van der Waals surface area (Å²) in [6.45, 7) is 9.39. The minimum Gasteiger partial charge on any atom is -0.379 e. The van der Waals surface area contributed by atoms with Crippen LogP contribution in [0.25, 0.3) is 0 Å². The summed E-state index contributed by atoms with van der Waals surface area (Å²) in [5.74, 6) is 0.790. The van der Waals surface area contributed by atoms with E-state index in [1.807, 2.05) is 0 Å². The monoisotopic (exact) mass is 347 g/mol. The summed E-state index contributed by atoms with van der Waals surface area (Å²) in [5.41, 5.74) is 1.52. The smallest absolute Gasteiger partial charge is 0.226 e. The quantitative estimate of drug-likeness (QED) is 0.710. The number of amides is 1. The standard InChI is InChI=1S/C20H33N3O2/c24-20(17-6-7-17)23-9-2-1-5-19(23)18-4-3-8-22(16-18)11-10-21-12-14-25-15-13-21/h4,17,19H,1-3,5-16H2/t19-/m0/s1. The van der Waals surface area contributed by atoms with E-state index in [1.54, 1.807) is 0 Å². The Bertz CT molecular complexity index is 497. The SMILES string of the molecule is O=C(C1CC1)N1CCCC[C@H]1C1=CCCN(CCN2CCOCC2)C1. The van der Waals surface area contributed by atoms with Gasteiger partial charge in [0, 0.05) is 51.7 Å². The molecule has 5 nitrogen and oxygen atoms in total. The van der Waals surface area contributed by atoms with Crippen LogP contribution in [0.5, 0.6) is 0 Å². The van der Waals surface area contributed by atoms with E-state index in [1.165, 1.54) is 24.8 Å². The van der Waals surface area contributed by atoms with E-state index in [9.17, 15) is 4.79 Å². The predicted molar refractivity (Wildman–Crippen MR) is 98.5 cm³/mol. The lowest BCUT2D eigenvalue weighted by atomic mass is 9.92. The van der Waals surface area contributed by atoms with Crippen LogP contribution >= 0.6 is 0 Å². The van der Waals surface area contributed by atoms with Crippen molar-refractivity contribution in [2.75, 3.05) is 59.0 Å². The third-order valence-corrected chi connectivity index (χ3v) is 6.23. The molecular weight excluding hydrogens is 314 g/mol. The van der Waals surface area contributed by atoms with Gasteiger partial charge >= 0.3 is 0 Å². The topological polar surface area (TPSA) is 36.0 Å². The Balaban J connectivity index is 1.32. The largest absolute Gasteiger partial charge is 0.379 e. The van der Waals surface area contributed by atoms with Crippen LogP contribution in [0.4, 0.5) is 0 Å². The maximum atomic E-state index is 12.7. The highest BCUT2D eigenvalue weighted by Gasteiger charge is 2.38. The molecule has 0 spiro atoms. The molecule has 2 saturated heterocycles. The molecule has 1 amide bonds.